The topological polar surface area (TPSA) is 52.7 Å². The minimum absolute atomic E-state index is 0.139. The molecular weight excluding hydrogens is 441 g/mol. The number of nitrogens with one attached hydrogen (secondary N) is 1. The summed E-state index contributed by atoms with van der Waals surface area (Å²) in [7, 11) is 0. The molecule has 0 radical (unpaired) electrons. The first kappa shape index (κ1) is 21.2. The molecule has 0 unspecified atom stereocenters. The third-order valence-electron chi connectivity index (χ3n) is 5.89. The number of imide groups is 1. The lowest BCUT2D eigenvalue weighted by Gasteiger charge is -2.18. The zero-order chi connectivity index (χ0) is 22.9. The van der Waals surface area contributed by atoms with Crippen molar-refractivity contribution >= 4 is 46.1 Å². The quantitative estimate of drug-likeness (QED) is 0.511. The molecule has 0 spiro atoms. The van der Waals surface area contributed by atoms with Gasteiger partial charge < -0.3 is 10.2 Å². The van der Waals surface area contributed by atoms with E-state index in [1.54, 1.807) is 24.3 Å². The van der Waals surface area contributed by atoms with E-state index in [0.29, 0.717) is 16.3 Å². The number of hydrogen-bond acceptors (Lipinski definition) is 4. The molecule has 1 N–H and O–H groups in total. The molecule has 7 heteroatoms. The molecule has 5 rings (SSSR count). The third kappa shape index (κ3) is 4.10. The second-order valence-electron chi connectivity index (χ2n) is 8.05. The second-order valence-corrected chi connectivity index (χ2v) is 8.48. The molecule has 3 aromatic rings. The molecule has 2 aliphatic rings. The molecule has 1 fully saturated rings. The van der Waals surface area contributed by atoms with E-state index in [4.69, 9.17) is 11.6 Å². The van der Waals surface area contributed by atoms with Gasteiger partial charge >= 0.3 is 0 Å². The van der Waals surface area contributed by atoms with Crippen LogP contribution >= 0.6 is 11.6 Å². The van der Waals surface area contributed by atoms with Gasteiger partial charge in [-0.15, -0.1) is 0 Å². The summed E-state index contributed by atoms with van der Waals surface area (Å²) < 4.78 is 13.9. The first-order chi connectivity index (χ1) is 16.0. The maximum absolute atomic E-state index is 13.9. The van der Waals surface area contributed by atoms with Crippen molar-refractivity contribution in [3.8, 4) is 0 Å². The van der Waals surface area contributed by atoms with Gasteiger partial charge in [0.1, 0.15) is 11.5 Å². The van der Waals surface area contributed by atoms with Crippen molar-refractivity contribution in [2.75, 3.05) is 28.2 Å². The number of rotatable bonds is 5. The van der Waals surface area contributed by atoms with Gasteiger partial charge in [-0.05, 0) is 73.0 Å². The molecule has 3 aromatic carbocycles. The molecule has 0 bridgehead atoms. The van der Waals surface area contributed by atoms with Gasteiger partial charge in [0.15, 0.2) is 0 Å². The van der Waals surface area contributed by atoms with E-state index < -0.39 is 17.6 Å². The van der Waals surface area contributed by atoms with Crippen molar-refractivity contribution in [2.24, 2.45) is 0 Å². The van der Waals surface area contributed by atoms with Gasteiger partial charge in [0, 0.05) is 29.5 Å². The Morgan fingerprint density at radius 2 is 1.52 bits per heavy atom. The fourth-order valence-corrected chi connectivity index (χ4v) is 4.38. The van der Waals surface area contributed by atoms with Gasteiger partial charge in [-0.1, -0.05) is 29.8 Å². The van der Waals surface area contributed by atoms with Crippen molar-refractivity contribution in [1.29, 1.82) is 0 Å². The molecule has 2 amide bonds. The van der Waals surface area contributed by atoms with Crippen molar-refractivity contribution in [1.82, 2.24) is 0 Å². The maximum Gasteiger partial charge on any atom is 0.282 e. The predicted molar refractivity (Wildman–Crippen MR) is 129 cm³/mol. The molecule has 2 aliphatic heterocycles. The van der Waals surface area contributed by atoms with Crippen LogP contribution in [0.3, 0.4) is 0 Å². The average Bonchev–Trinajstić information content (AvgIpc) is 3.43. The van der Waals surface area contributed by atoms with Crippen LogP contribution in [0, 0.1) is 5.82 Å². The Kier molecular flexibility index (Phi) is 5.60. The van der Waals surface area contributed by atoms with Crippen molar-refractivity contribution in [3.05, 3.63) is 94.9 Å². The fraction of sp³-hybridized carbons (Fsp3) is 0.154. The number of halogens is 2. The van der Waals surface area contributed by atoms with Crippen LogP contribution in [0.5, 0.6) is 0 Å². The summed E-state index contributed by atoms with van der Waals surface area (Å²) >= 11 is 6.02. The summed E-state index contributed by atoms with van der Waals surface area (Å²) in [5.41, 5.74) is 2.89. The van der Waals surface area contributed by atoms with Crippen molar-refractivity contribution in [2.45, 2.75) is 12.8 Å². The van der Waals surface area contributed by atoms with Gasteiger partial charge in [0.25, 0.3) is 11.8 Å². The number of amides is 2. The minimum Gasteiger partial charge on any atom is -0.372 e. The highest BCUT2D eigenvalue weighted by Crippen LogP contribution is 2.34. The zero-order valence-corrected chi connectivity index (χ0v) is 18.5. The van der Waals surface area contributed by atoms with Crippen LogP contribution in [0.1, 0.15) is 18.4 Å². The number of hydrogen-bond donors (Lipinski definition) is 1. The van der Waals surface area contributed by atoms with E-state index in [0.717, 1.165) is 23.7 Å². The molecule has 33 heavy (non-hydrogen) atoms. The van der Waals surface area contributed by atoms with E-state index in [-0.39, 0.29) is 17.0 Å². The van der Waals surface area contributed by atoms with Crippen LogP contribution in [-0.2, 0) is 9.59 Å². The number of nitrogens with zero attached hydrogens (tertiary/aromatic N) is 2. The first-order valence-electron chi connectivity index (χ1n) is 10.8. The summed E-state index contributed by atoms with van der Waals surface area (Å²) in [6.07, 6.45) is 2.37. The van der Waals surface area contributed by atoms with E-state index in [2.05, 4.69) is 10.2 Å². The van der Waals surface area contributed by atoms with E-state index in [1.807, 2.05) is 24.3 Å². The van der Waals surface area contributed by atoms with Crippen LogP contribution in [-0.4, -0.2) is 24.9 Å². The third-order valence-corrected chi connectivity index (χ3v) is 6.14. The lowest BCUT2D eigenvalue weighted by Crippen LogP contribution is -2.32. The largest absolute Gasteiger partial charge is 0.372 e. The Balaban J connectivity index is 1.52. The van der Waals surface area contributed by atoms with Gasteiger partial charge in [0.2, 0.25) is 0 Å². The molecule has 0 atom stereocenters. The highest BCUT2D eigenvalue weighted by Gasteiger charge is 2.40. The Hall–Kier alpha value is -3.64. The normalized spacial score (nSPS) is 16.2. The molecule has 2 heterocycles. The summed E-state index contributed by atoms with van der Waals surface area (Å²) in [5, 5.41) is 3.66. The SMILES string of the molecule is O=C1C(Nc2ccc(N3CCCC3)cc2)=C(c2ccc(Cl)cc2)C(=O)N1c1cccc(F)c1. The van der Waals surface area contributed by atoms with Crippen LogP contribution in [0.15, 0.2) is 78.5 Å². The van der Waals surface area contributed by atoms with Gasteiger partial charge in [-0.25, -0.2) is 9.29 Å². The zero-order valence-electron chi connectivity index (χ0n) is 17.7. The molecule has 166 valence electrons. The smallest absolute Gasteiger partial charge is 0.282 e. The van der Waals surface area contributed by atoms with Crippen molar-refractivity contribution in [3.63, 3.8) is 0 Å². The highest BCUT2D eigenvalue weighted by atomic mass is 35.5. The second kappa shape index (κ2) is 8.71. The summed E-state index contributed by atoms with van der Waals surface area (Å²) in [6.45, 7) is 2.07. The van der Waals surface area contributed by atoms with E-state index >= 15 is 0 Å². The molecule has 0 saturated carbocycles. The molecule has 0 aromatic heterocycles. The van der Waals surface area contributed by atoms with Gasteiger partial charge in [-0.3, -0.25) is 9.59 Å². The monoisotopic (exact) mass is 461 g/mol. The molecule has 1 saturated heterocycles. The number of carbonyl (C=O) groups excluding carboxylic acids is 2. The highest BCUT2D eigenvalue weighted by molar-refractivity contribution is 6.46. The van der Waals surface area contributed by atoms with Crippen LogP contribution in [0.2, 0.25) is 5.02 Å². The van der Waals surface area contributed by atoms with Gasteiger partial charge in [0.05, 0.1) is 11.3 Å². The number of anilines is 3. The first-order valence-corrected chi connectivity index (χ1v) is 11.2. The Morgan fingerprint density at radius 1 is 0.818 bits per heavy atom. The lowest BCUT2D eigenvalue weighted by molar-refractivity contribution is -0.120. The standard InChI is InChI=1S/C26H21ClFN3O2/c27-18-8-6-17(7-9-18)23-24(26(33)31(25(23)32)22-5-3-4-19(28)16-22)29-20-10-12-21(13-11-20)30-14-1-2-15-30/h3-13,16,29H,1-2,14-15H2. The van der Waals surface area contributed by atoms with E-state index in [1.165, 1.54) is 37.1 Å². The van der Waals surface area contributed by atoms with Crippen LogP contribution < -0.4 is 15.1 Å². The van der Waals surface area contributed by atoms with Crippen molar-refractivity contribution < 1.29 is 14.0 Å². The fourth-order valence-electron chi connectivity index (χ4n) is 4.26. The van der Waals surface area contributed by atoms with Crippen LogP contribution in [0.4, 0.5) is 21.5 Å². The molecule has 0 aliphatic carbocycles. The number of benzene rings is 3. The Bertz CT molecular complexity index is 1250. The summed E-state index contributed by atoms with van der Waals surface area (Å²) in [4.78, 5) is 30.1. The number of carbonyl (C=O) groups is 2. The maximum atomic E-state index is 13.9. The Morgan fingerprint density at radius 3 is 2.18 bits per heavy atom. The van der Waals surface area contributed by atoms with Gasteiger partial charge in [-0.2, -0.15) is 0 Å². The van der Waals surface area contributed by atoms with E-state index in [9.17, 15) is 14.0 Å². The summed E-state index contributed by atoms with van der Waals surface area (Å²) in [5.74, 6) is -1.59. The minimum atomic E-state index is -0.542. The summed E-state index contributed by atoms with van der Waals surface area (Å²) in [6, 6.07) is 19.9. The predicted octanol–water partition coefficient (Wildman–Crippen LogP) is 5.48. The van der Waals surface area contributed by atoms with Crippen LogP contribution in [0.25, 0.3) is 5.57 Å². The Labute approximate surface area is 196 Å². The lowest BCUT2D eigenvalue weighted by atomic mass is 10.0. The average molecular weight is 462 g/mol. The molecular formula is C26H21ClFN3O2. The molecule has 5 nitrogen and oxygen atoms in total.